The van der Waals surface area contributed by atoms with Crippen molar-refractivity contribution in [3.63, 3.8) is 0 Å². The van der Waals surface area contributed by atoms with E-state index in [2.05, 4.69) is 25.6 Å². The highest BCUT2D eigenvalue weighted by Crippen LogP contribution is 2.24. The Hall–Kier alpha value is -5.07. The summed E-state index contributed by atoms with van der Waals surface area (Å²) < 4.78 is 1.63. The lowest BCUT2D eigenvalue weighted by atomic mass is 10.1. The molecular formula is C28H26ClN9O3. The summed E-state index contributed by atoms with van der Waals surface area (Å²) in [6.07, 6.45) is 3.85. The fourth-order valence-corrected chi connectivity index (χ4v) is 4.47. The summed E-state index contributed by atoms with van der Waals surface area (Å²) in [4.78, 5) is 42.7. The number of carbonyl (C=O) groups excluding carboxylic acids is 1. The topological polar surface area (TPSA) is 173 Å². The van der Waals surface area contributed by atoms with Crippen molar-refractivity contribution in [3.05, 3.63) is 106 Å². The van der Waals surface area contributed by atoms with Crippen LogP contribution in [-0.2, 0) is 13.0 Å². The molecule has 3 heterocycles. The minimum Gasteiger partial charge on any atom is -0.382 e. The second-order valence-electron chi connectivity index (χ2n) is 8.99. The molecule has 13 heteroatoms. The highest BCUT2D eigenvalue weighted by Gasteiger charge is 2.16. The lowest BCUT2D eigenvalue weighted by molar-refractivity contribution is 0.0706. The molecule has 0 atom stereocenters. The van der Waals surface area contributed by atoms with Crippen LogP contribution in [0.3, 0.4) is 0 Å². The molecule has 0 saturated heterocycles. The van der Waals surface area contributed by atoms with Crippen molar-refractivity contribution in [2.75, 3.05) is 22.9 Å². The zero-order chi connectivity index (χ0) is 28.8. The number of para-hydroxylation sites is 1. The van der Waals surface area contributed by atoms with Gasteiger partial charge in [-0.05, 0) is 42.8 Å². The standard InChI is InChI=1S/C28H26ClN9O3/c29-24-25(30)34-16-35-26(24)31-13-5-10-22-36-21-9-4-8-20(23(21)28(40)38(22)19-6-2-1-3-7-19)33-15-18-12-11-17(14-32-18)27(39)37-41/h1-4,6-9,11-12,14,16,33,41H,5,10,13,15H2,(H,37,39)(H3,30,31,34,35). The third kappa shape index (κ3) is 6.08. The number of hydrogen-bond acceptors (Lipinski definition) is 10. The fraction of sp³-hybridized carbons (Fsp3) is 0.143. The maximum Gasteiger partial charge on any atom is 0.276 e. The zero-order valence-electron chi connectivity index (χ0n) is 21.7. The van der Waals surface area contributed by atoms with Crippen LogP contribution >= 0.6 is 11.6 Å². The van der Waals surface area contributed by atoms with E-state index in [0.29, 0.717) is 65.5 Å². The summed E-state index contributed by atoms with van der Waals surface area (Å²) in [5, 5.41) is 15.9. The Morgan fingerprint density at radius 1 is 1.00 bits per heavy atom. The average Bonchev–Trinajstić information content (AvgIpc) is 3.00. The van der Waals surface area contributed by atoms with E-state index in [1.165, 1.54) is 12.5 Å². The minimum absolute atomic E-state index is 0.199. The molecule has 0 radical (unpaired) electrons. The van der Waals surface area contributed by atoms with Crippen molar-refractivity contribution < 1.29 is 10.0 Å². The Balaban J connectivity index is 1.42. The number of carbonyl (C=O) groups is 1. The SMILES string of the molecule is Nc1ncnc(NCCCc2nc3cccc(NCc4ccc(C(=O)NO)cn4)c3c(=O)n2-c2ccccc2)c1Cl. The van der Waals surface area contributed by atoms with Crippen molar-refractivity contribution in [2.24, 2.45) is 0 Å². The van der Waals surface area contributed by atoms with E-state index < -0.39 is 5.91 Å². The van der Waals surface area contributed by atoms with Crippen LogP contribution in [0.15, 0.2) is 78.0 Å². The molecule has 208 valence electrons. The average molecular weight is 572 g/mol. The van der Waals surface area contributed by atoms with E-state index in [1.807, 2.05) is 48.5 Å². The molecule has 0 aliphatic heterocycles. The summed E-state index contributed by atoms with van der Waals surface area (Å²) in [5.41, 5.74) is 9.86. The van der Waals surface area contributed by atoms with Crippen LogP contribution in [0.1, 0.15) is 28.3 Å². The van der Waals surface area contributed by atoms with Gasteiger partial charge in [-0.3, -0.25) is 24.3 Å². The van der Waals surface area contributed by atoms with Gasteiger partial charge in [0.15, 0.2) is 0 Å². The summed E-state index contributed by atoms with van der Waals surface area (Å²) >= 11 is 6.18. The van der Waals surface area contributed by atoms with Gasteiger partial charge in [-0.2, -0.15) is 0 Å². The van der Waals surface area contributed by atoms with Gasteiger partial charge in [0.2, 0.25) is 0 Å². The summed E-state index contributed by atoms with van der Waals surface area (Å²) in [5.74, 6) is 0.611. The third-order valence-electron chi connectivity index (χ3n) is 6.32. The first-order chi connectivity index (χ1) is 20.0. The molecule has 5 rings (SSSR count). The molecule has 0 aliphatic carbocycles. The molecule has 0 unspecified atom stereocenters. The summed E-state index contributed by atoms with van der Waals surface area (Å²) in [6.45, 7) is 0.820. The molecule has 2 aromatic carbocycles. The Morgan fingerprint density at radius 2 is 1.83 bits per heavy atom. The number of pyridine rings is 1. The van der Waals surface area contributed by atoms with Gasteiger partial charge >= 0.3 is 0 Å². The number of anilines is 3. The van der Waals surface area contributed by atoms with Gasteiger partial charge < -0.3 is 16.4 Å². The third-order valence-corrected chi connectivity index (χ3v) is 6.69. The number of rotatable bonds is 10. The van der Waals surface area contributed by atoms with Crippen LogP contribution in [0, 0.1) is 0 Å². The van der Waals surface area contributed by atoms with Gasteiger partial charge in [0.25, 0.3) is 11.5 Å². The lowest BCUT2D eigenvalue weighted by Crippen LogP contribution is -2.25. The first-order valence-electron chi connectivity index (χ1n) is 12.7. The quantitative estimate of drug-likeness (QED) is 0.0946. The maximum atomic E-state index is 14.0. The molecule has 1 amide bonds. The number of nitrogens with two attached hydrogens (primary N) is 1. The number of hydrogen-bond donors (Lipinski definition) is 5. The van der Waals surface area contributed by atoms with E-state index in [-0.39, 0.29) is 22.0 Å². The van der Waals surface area contributed by atoms with E-state index in [0.717, 1.165) is 0 Å². The van der Waals surface area contributed by atoms with Crippen LogP contribution in [-0.4, -0.2) is 42.2 Å². The lowest BCUT2D eigenvalue weighted by Gasteiger charge is -2.16. The van der Waals surface area contributed by atoms with Gasteiger partial charge in [-0.25, -0.2) is 20.4 Å². The number of nitrogens with one attached hydrogen (secondary N) is 3. The van der Waals surface area contributed by atoms with Crippen molar-refractivity contribution in [1.82, 2.24) is 30.0 Å². The Morgan fingerprint density at radius 3 is 2.59 bits per heavy atom. The van der Waals surface area contributed by atoms with Crippen LogP contribution in [0.25, 0.3) is 16.6 Å². The predicted octanol–water partition coefficient (Wildman–Crippen LogP) is 3.58. The number of nitrogens with zero attached hydrogens (tertiary/aromatic N) is 5. The first-order valence-corrected chi connectivity index (χ1v) is 13.1. The van der Waals surface area contributed by atoms with Crippen LogP contribution in [0.4, 0.5) is 17.3 Å². The highest BCUT2D eigenvalue weighted by atomic mass is 35.5. The molecule has 0 spiro atoms. The van der Waals surface area contributed by atoms with E-state index in [4.69, 9.17) is 27.5 Å². The molecule has 6 N–H and O–H groups in total. The van der Waals surface area contributed by atoms with Crippen molar-refractivity contribution in [1.29, 1.82) is 0 Å². The zero-order valence-corrected chi connectivity index (χ0v) is 22.5. The number of fused-ring (bicyclic) bond motifs is 1. The van der Waals surface area contributed by atoms with Crippen molar-refractivity contribution >= 4 is 45.7 Å². The van der Waals surface area contributed by atoms with Crippen molar-refractivity contribution in [3.8, 4) is 5.69 Å². The number of amides is 1. The van der Waals surface area contributed by atoms with Crippen LogP contribution in [0.5, 0.6) is 0 Å². The van der Waals surface area contributed by atoms with E-state index in [1.54, 1.807) is 22.2 Å². The molecule has 0 bridgehead atoms. The second-order valence-corrected chi connectivity index (χ2v) is 9.37. The summed E-state index contributed by atoms with van der Waals surface area (Å²) in [6, 6.07) is 18.0. The highest BCUT2D eigenvalue weighted by molar-refractivity contribution is 6.35. The number of benzene rings is 2. The molecular weight excluding hydrogens is 546 g/mol. The molecule has 12 nitrogen and oxygen atoms in total. The van der Waals surface area contributed by atoms with Gasteiger partial charge in [0, 0.05) is 24.8 Å². The Labute approximate surface area is 239 Å². The number of hydroxylamine groups is 1. The fourth-order valence-electron chi connectivity index (χ4n) is 4.31. The largest absolute Gasteiger partial charge is 0.382 e. The summed E-state index contributed by atoms with van der Waals surface area (Å²) in [7, 11) is 0. The molecule has 5 aromatic rings. The van der Waals surface area contributed by atoms with Gasteiger partial charge in [-0.15, -0.1) is 0 Å². The van der Waals surface area contributed by atoms with E-state index >= 15 is 0 Å². The van der Waals surface area contributed by atoms with Gasteiger partial charge in [-0.1, -0.05) is 35.9 Å². The van der Waals surface area contributed by atoms with Crippen molar-refractivity contribution in [2.45, 2.75) is 19.4 Å². The Kier molecular flexibility index (Phi) is 8.32. The van der Waals surface area contributed by atoms with Crippen LogP contribution in [0.2, 0.25) is 5.02 Å². The molecule has 3 aromatic heterocycles. The normalized spacial score (nSPS) is 10.9. The first kappa shape index (κ1) is 27.5. The second kappa shape index (κ2) is 12.4. The molecule has 0 fully saturated rings. The molecule has 0 saturated carbocycles. The predicted molar refractivity (Wildman–Crippen MR) is 156 cm³/mol. The number of halogens is 1. The van der Waals surface area contributed by atoms with Gasteiger partial charge in [0.05, 0.1) is 34.4 Å². The van der Waals surface area contributed by atoms with Gasteiger partial charge in [0.1, 0.15) is 28.8 Å². The number of nitrogen functional groups attached to an aromatic ring is 1. The van der Waals surface area contributed by atoms with Crippen LogP contribution < -0.4 is 27.4 Å². The number of aromatic nitrogens is 5. The molecule has 0 aliphatic rings. The number of aryl methyl sites for hydroxylation is 1. The molecule has 41 heavy (non-hydrogen) atoms. The monoisotopic (exact) mass is 571 g/mol. The smallest absolute Gasteiger partial charge is 0.276 e. The minimum atomic E-state index is -0.646. The Bertz CT molecular complexity index is 1750. The maximum absolute atomic E-state index is 14.0. The van der Waals surface area contributed by atoms with E-state index in [9.17, 15) is 9.59 Å².